The Morgan fingerprint density at radius 3 is 2.52 bits per heavy atom. The van der Waals surface area contributed by atoms with Gasteiger partial charge >= 0.3 is 18.2 Å². The number of hydrogen-bond acceptors (Lipinski definition) is 4. The van der Waals surface area contributed by atoms with Crippen molar-refractivity contribution in [3.8, 4) is 0 Å². The Balaban J connectivity index is 2.12. The molecule has 1 aliphatic rings. The van der Waals surface area contributed by atoms with E-state index in [-0.39, 0.29) is 23.5 Å². The Labute approximate surface area is 141 Å². The van der Waals surface area contributed by atoms with Crippen LogP contribution < -0.4 is 5.32 Å². The number of esters is 1. The van der Waals surface area contributed by atoms with Gasteiger partial charge in [-0.05, 0) is 26.8 Å². The van der Waals surface area contributed by atoms with Gasteiger partial charge in [0.2, 0.25) is 0 Å². The van der Waals surface area contributed by atoms with Crippen LogP contribution in [-0.4, -0.2) is 52.7 Å². The first-order valence-corrected chi connectivity index (χ1v) is 7.55. The molecule has 0 unspecified atom stereocenters. The van der Waals surface area contributed by atoms with Crippen LogP contribution in [0.25, 0.3) is 0 Å². The molecule has 10 heteroatoms. The fraction of sp³-hybridized carbons (Fsp3) is 0.533. The molecule has 1 saturated heterocycles. The number of imide groups is 1. The number of aryl methyl sites for hydroxylation is 1. The van der Waals surface area contributed by atoms with Crippen LogP contribution in [0.5, 0.6) is 0 Å². The van der Waals surface area contributed by atoms with Gasteiger partial charge in [0.15, 0.2) is 6.10 Å². The zero-order chi connectivity index (χ0) is 18.9. The van der Waals surface area contributed by atoms with E-state index in [1.54, 1.807) is 0 Å². The van der Waals surface area contributed by atoms with Crippen LogP contribution >= 0.6 is 0 Å². The Morgan fingerprint density at radius 2 is 2.00 bits per heavy atom. The number of nitrogens with zero attached hydrogens (tertiary/aromatic N) is 2. The summed E-state index contributed by atoms with van der Waals surface area (Å²) in [6.45, 7) is 3.37. The van der Waals surface area contributed by atoms with E-state index in [0.717, 1.165) is 9.47 Å². The highest BCUT2D eigenvalue weighted by Crippen LogP contribution is 2.24. The number of halogens is 3. The van der Waals surface area contributed by atoms with Crippen molar-refractivity contribution in [1.82, 2.24) is 14.8 Å². The lowest BCUT2D eigenvalue weighted by Crippen LogP contribution is -2.41. The molecule has 1 aromatic heterocycles. The first kappa shape index (κ1) is 18.8. The van der Waals surface area contributed by atoms with E-state index in [9.17, 15) is 27.6 Å². The Kier molecular flexibility index (Phi) is 5.09. The van der Waals surface area contributed by atoms with Gasteiger partial charge in [-0.25, -0.2) is 9.59 Å². The Hall–Kier alpha value is -2.52. The SMILES string of the molecule is Cc1cc(C(=O)O[C@@H](C)C(=O)N2CCNC2=O)c(C)n1CC(F)(F)F. The largest absolute Gasteiger partial charge is 0.449 e. The minimum Gasteiger partial charge on any atom is -0.449 e. The lowest BCUT2D eigenvalue weighted by atomic mass is 10.2. The lowest BCUT2D eigenvalue weighted by molar-refractivity contribution is -0.141. The zero-order valence-electron chi connectivity index (χ0n) is 13.9. The fourth-order valence-electron chi connectivity index (χ4n) is 2.61. The number of hydrogen-bond donors (Lipinski definition) is 1. The molecule has 0 aliphatic carbocycles. The molecule has 2 rings (SSSR count). The van der Waals surface area contributed by atoms with Crippen molar-refractivity contribution in [3.63, 3.8) is 0 Å². The van der Waals surface area contributed by atoms with E-state index >= 15 is 0 Å². The molecule has 1 fully saturated rings. The number of ether oxygens (including phenoxy) is 1. The monoisotopic (exact) mass is 361 g/mol. The quantitative estimate of drug-likeness (QED) is 0.829. The van der Waals surface area contributed by atoms with E-state index in [2.05, 4.69) is 5.32 Å². The predicted octanol–water partition coefficient (Wildman–Crippen LogP) is 1.76. The van der Waals surface area contributed by atoms with Gasteiger partial charge in [-0.3, -0.25) is 9.69 Å². The summed E-state index contributed by atoms with van der Waals surface area (Å²) in [6.07, 6.45) is -5.66. The summed E-state index contributed by atoms with van der Waals surface area (Å²) in [5.74, 6) is -1.60. The molecule has 0 radical (unpaired) electrons. The van der Waals surface area contributed by atoms with Crippen LogP contribution in [0.15, 0.2) is 6.07 Å². The van der Waals surface area contributed by atoms with Crippen LogP contribution in [0.3, 0.4) is 0 Å². The minimum atomic E-state index is -4.43. The van der Waals surface area contributed by atoms with Gasteiger partial charge in [0, 0.05) is 24.5 Å². The number of amides is 3. The molecule has 1 N–H and O–H groups in total. The third-order valence-electron chi connectivity index (χ3n) is 3.89. The molecule has 1 aromatic rings. The van der Waals surface area contributed by atoms with Crippen LogP contribution in [0.2, 0.25) is 0 Å². The van der Waals surface area contributed by atoms with Gasteiger partial charge in [-0.1, -0.05) is 0 Å². The lowest BCUT2D eigenvalue weighted by Gasteiger charge is -2.18. The molecule has 2 heterocycles. The molecule has 7 nitrogen and oxygen atoms in total. The Bertz CT molecular complexity index is 712. The fourth-order valence-corrected chi connectivity index (χ4v) is 2.61. The highest BCUT2D eigenvalue weighted by Gasteiger charge is 2.33. The van der Waals surface area contributed by atoms with Crippen molar-refractivity contribution in [2.45, 2.75) is 39.6 Å². The summed E-state index contributed by atoms with van der Waals surface area (Å²) in [4.78, 5) is 36.7. The van der Waals surface area contributed by atoms with Crippen molar-refractivity contribution in [2.75, 3.05) is 13.1 Å². The second-order valence-corrected chi connectivity index (χ2v) is 5.76. The molecule has 0 saturated carbocycles. The number of carbonyl (C=O) groups is 3. The number of carbonyl (C=O) groups excluding carboxylic acids is 3. The Morgan fingerprint density at radius 1 is 1.36 bits per heavy atom. The van der Waals surface area contributed by atoms with E-state index in [4.69, 9.17) is 4.74 Å². The molecule has 1 atom stereocenters. The van der Waals surface area contributed by atoms with E-state index < -0.39 is 36.7 Å². The first-order valence-electron chi connectivity index (χ1n) is 7.55. The number of alkyl halides is 3. The molecule has 1 aliphatic heterocycles. The number of rotatable bonds is 4. The smallest absolute Gasteiger partial charge is 0.406 e. The number of urea groups is 1. The van der Waals surface area contributed by atoms with Crippen molar-refractivity contribution in [3.05, 3.63) is 23.0 Å². The maximum Gasteiger partial charge on any atom is 0.406 e. The predicted molar refractivity (Wildman–Crippen MR) is 80.0 cm³/mol. The molecule has 138 valence electrons. The van der Waals surface area contributed by atoms with E-state index in [1.165, 1.54) is 26.8 Å². The van der Waals surface area contributed by atoms with Crippen molar-refractivity contribution < 1.29 is 32.3 Å². The molecular weight excluding hydrogens is 343 g/mol. The second-order valence-electron chi connectivity index (χ2n) is 5.76. The summed E-state index contributed by atoms with van der Waals surface area (Å²) in [5.41, 5.74) is 0.297. The summed E-state index contributed by atoms with van der Waals surface area (Å²) < 4.78 is 43.8. The number of aromatic nitrogens is 1. The molecule has 0 aromatic carbocycles. The summed E-state index contributed by atoms with van der Waals surface area (Å²) in [5, 5.41) is 2.45. The summed E-state index contributed by atoms with van der Waals surface area (Å²) >= 11 is 0. The standard InChI is InChI=1S/C15H18F3N3O4/c1-8-6-11(9(2)21(8)7-15(16,17)18)13(23)25-10(3)12(22)20-5-4-19-14(20)24/h6,10H,4-5,7H2,1-3H3,(H,19,24)/t10-/m0/s1. The highest BCUT2D eigenvalue weighted by atomic mass is 19.4. The summed E-state index contributed by atoms with van der Waals surface area (Å²) in [7, 11) is 0. The van der Waals surface area contributed by atoms with Gasteiger partial charge in [0.05, 0.1) is 5.56 Å². The van der Waals surface area contributed by atoms with E-state index in [1.807, 2.05) is 0 Å². The van der Waals surface area contributed by atoms with Crippen molar-refractivity contribution in [2.24, 2.45) is 0 Å². The number of nitrogens with one attached hydrogen (secondary N) is 1. The normalized spacial score (nSPS) is 15.9. The van der Waals surface area contributed by atoms with Gasteiger partial charge in [-0.15, -0.1) is 0 Å². The maximum atomic E-state index is 12.6. The van der Waals surface area contributed by atoms with Gasteiger partial charge in [0.1, 0.15) is 6.54 Å². The van der Waals surface area contributed by atoms with Gasteiger partial charge in [0.25, 0.3) is 5.91 Å². The molecule has 0 spiro atoms. The average molecular weight is 361 g/mol. The van der Waals surface area contributed by atoms with Crippen molar-refractivity contribution >= 4 is 17.9 Å². The average Bonchev–Trinajstić information content (AvgIpc) is 3.03. The topological polar surface area (TPSA) is 80.6 Å². The summed E-state index contributed by atoms with van der Waals surface area (Å²) in [6, 6.07) is 0.708. The third-order valence-corrected chi connectivity index (χ3v) is 3.89. The zero-order valence-corrected chi connectivity index (χ0v) is 13.9. The van der Waals surface area contributed by atoms with Crippen LogP contribution in [0.1, 0.15) is 28.7 Å². The molecule has 3 amide bonds. The first-order chi connectivity index (χ1) is 11.5. The van der Waals surface area contributed by atoms with Crippen LogP contribution in [0.4, 0.5) is 18.0 Å². The third kappa shape index (κ3) is 4.12. The second kappa shape index (κ2) is 6.77. The van der Waals surface area contributed by atoms with Gasteiger partial charge < -0.3 is 14.6 Å². The molecule has 25 heavy (non-hydrogen) atoms. The highest BCUT2D eigenvalue weighted by molar-refractivity contribution is 5.99. The maximum absolute atomic E-state index is 12.6. The van der Waals surface area contributed by atoms with Crippen LogP contribution in [-0.2, 0) is 16.1 Å². The minimum absolute atomic E-state index is 0.0488. The van der Waals surface area contributed by atoms with Crippen molar-refractivity contribution in [1.29, 1.82) is 0 Å². The van der Waals surface area contributed by atoms with Gasteiger partial charge in [-0.2, -0.15) is 13.2 Å². The molecule has 0 bridgehead atoms. The molecular formula is C15H18F3N3O4. The van der Waals surface area contributed by atoms with Crippen LogP contribution in [0, 0.1) is 13.8 Å². The van der Waals surface area contributed by atoms with E-state index in [0.29, 0.717) is 6.54 Å².